The Balaban J connectivity index is 1.85. The van der Waals surface area contributed by atoms with Crippen molar-refractivity contribution in [1.29, 1.82) is 0 Å². The molecule has 0 radical (unpaired) electrons. The van der Waals surface area contributed by atoms with Crippen LogP contribution in [0.25, 0.3) is 0 Å². The van der Waals surface area contributed by atoms with Crippen LogP contribution in [-0.4, -0.2) is 62.5 Å². The second-order valence-electron chi connectivity index (χ2n) is 6.04. The second-order valence-corrected chi connectivity index (χ2v) is 7.95. The van der Waals surface area contributed by atoms with Crippen molar-refractivity contribution in [3.05, 3.63) is 17.5 Å². The largest absolute Gasteiger partial charge is 0.464 e. The molecule has 8 nitrogen and oxygen atoms in total. The smallest absolute Gasteiger partial charge is 0.354 e. The number of methoxy groups -OCH3 is 1. The summed E-state index contributed by atoms with van der Waals surface area (Å²) >= 11 is 0. The number of rotatable bonds is 3. The first-order valence-corrected chi connectivity index (χ1v) is 9.27. The van der Waals surface area contributed by atoms with Crippen LogP contribution in [-0.2, 0) is 31.3 Å². The van der Waals surface area contributed by atoms with E-state index in [9.17, 15) is 13.2 Å². The number of hydrogen-bond acceptors (Lipinski definition) is 6. The summed E-state index contributed by atoms with van der Waals surface area (Å²) in [6.07, 6.45) is 1.00. The highest BCUT2D eigenvalue weighted by molar-refractivity contribution is 7.89. The molecule has 1 spiro atoms. The predicted molar refractivity (Wildman–Crippen MR) is 84.1 cm³/mol. The maximum Gasteiger partial charge on any atom is 0.354 e. The molecule has 0 saturated carbocycles. The molecule has 2 aliphatic heterocycles. The highest BCUT2D eigenvalue weighted by atomic mass is 32.2. The lowest BCUT2D eigenvalue weighted by Crippen LogP contribution is -2.47. The zero-order valence-electron chi connectivity index (χ0n) is 14.1. The van der Waals surface area contributed by atoms with Gasteiger partial charge in [0.25, 0.3) is 0 Å². The van der Waals surface area contributed by atoms with Gasteiger partial charge in [0.1, 0.15) is 10.6 Å². The van der Waals surface area contributed by atoms with E-state index < -0.39 is 21.8 Å². The summed E-state index contributed by atoms with van der Waals surface area (Å²) in [5.74, 6) is -1.19. The molecule has 134 valence electrons. The number of ether oxygens (including phenoxy) is 3. The van der Waals surface area contributed by atoms with Crippen LogP contribution in [0.4, 0.5) is 0 Å². The van der Waals surface area contributed by atoms with Gasteiger partial charge in [-0.1, -0.05) is 0 Å². The Labute approximate surface area is 141 Å². The van der Waals surface area contributed by atoms with E-state index in [-0.39, 0.29) is 10.6 Å². The molecule has 0 aliphatic carbocycles. The van der Waals surface area contributed by atoms with Gasteiger partial charge in [-0.3, -0.25) is 0 Å². The van der Waals surface area contributed by atoms with Crippen molar-refractivity contribution in [3.63, 3.8) is 0 Å². The third-order valence-corrected chi connectivity index (χ3v) is 6.81. The number of hydrogen-bond donors (Lipinski definition) is 0. The molecular weight excluding hydrogens is 336 g/mol. The van der Waals surface area contributed by atoms with Gasteiger partial charge in [-0.2, -0.15) is 4.31 Å². The zero-order chi connectivity index (χ0) is 17.5. The van der Waals surface area contributed by atoms with Gasteiger partial charge in [-0.15, -0.1) is 0 Å². The Kier molecular flexibility index (Phi) is 4.45. The molecule has 1 aromatic heterocycles. The van der Waals surface area contributed by atoms with Crippen molar-refractivity contribution in [2.24, 2.45) is 7.05 Å². The first-order chi connectivity index (χ1) is 11.3. The van der Waals surface area contributed by atoms with E-state index in [1.165, 1.54) is 22.0 Å². The van der Waals surface area contributed by atoms with Gasteiger partial charge in [0, 0.05) is 38.7 Å². The molecule has 0 N–H and O–H groups in total. The number of nitrogens with zero attached hydrogens (tertiary/aromatic N) is 2. The van der Waals surface area contributed by atoms with Crippen LogP contribution in [0.15, 0.2) is 11.0 Å². The summed E-state index contributed by atoms with van der Waals surface area (Å²) in [5, 5.41) is 0. The quantitative estimate of drug-likeness (QED) is 0.737. The second kappa shape index (κ2) is 6.14. The van der Waals surface area contributed by atoms with Crippen molar-refractivity contribution in [2.45, 2.75) is 30.4 Å². The van der Waals surface area contributed by atoms with Crippen LogP contribution in [0.5, 0.6) is 0 Å². The molecule has 9 heteroatoms. The normalized spacial score (nSPS) is 21.3. The Morgan fingerprint density at radius 3 is 2.38 bits per heavy atom. The number of piperidine rings is 1. The SMILES string of the molecule is COC(=O)c1cc(S(=O)(=O)N2CCC3(CC2)OCCO3)c(C)n1C. The van der Waals surface area contributed by atoms with E-state index in [0.717, 1.165) is 0 Å². The van der Waals surface area contributed by atoms with E-state index in [0.29, 0.717) is 44.8 Å². The molecular formula is C15H22N2O6S. The van der Waals surface area contributed by atoms with Gasteiger partial charge in [0.2, 0.25) is 10.0 Å². The van der Waals surface area contributed by atoms with E-state index in [2.05, 4.69) is 0 Å². The van der Waals surface area contributed by atoms with E-state index in [1.807, 2.05) is 0 Å². The number of carbonyl (C=O) groups is 1. The van der Waals surface area contributed by atoms with Gasteiger partial charge >= 0.3 is 5.97 Å². The Morgan fingerprint density at radius 1 is 1.25 bits per heavy atom. The first-order valence-electron chi connectivity index (χ1n) is 7.83. The maximum absolute atomic E-state index is 13.0. The van der Waals surface area contributed by atoms with Crippen LogP contribution in [0.1, 0.15) is 29.0 Å². The van der Waals surface area contributed by atoms with E-state index in [4.69, 9.17) is 14.2 Å². The maximum atomic E-state index is 13.0. The molecule has 0 bridgehead atoms. The summed E-state index contributed by atoms with van der Waals surface area (Å²) in [5.41, 5.74) is 0.716. The number of carbonyl (C=O) groups excluding carboxylic acids is 1. The molecule has 2 saturated heterocycles. The number of sulfonamides is 1. The number of esters is 1. The Morgan fingerprint density at radius 2 is 1.83 bits per heavy atom. The average Bonchev–Trinajstić information content (AvgIpc) is 3.13. The summed E-state index contributed by atoms with van der Waals surface area (Å²) in [4.78, 5) is 11.9. The zero-order valence-corrected chi connectivity index (χ0v) is 14.9. The van der Waals surface area contributed by atoms with E-state index in [1.54, 1.807) is 14.0 Å². The van der Waals surface area contributed by atoms with Gasteiger partial charge in [0.05, 0.1) is 20.3 Å². The van der Waals surface area contributed by atoms with Crippen molar-refractivity contribution in [2.75, 3.05) is 33.4 Å². The minimum Gasteiger partial charge on any atom is -0.464 e. The fraction of sp³-hybridized carbons (Fsp3) is 0.667. The highest BCUT2D eigenvalue weighted by Crippen LogP contribution is 2.34. The van der Waals surface area contributed by atoms with Gasteiger partial charge in [0.15, 0.2) is 5.79 Å². The third kappa shape index (κ3) is 2.75. The Bertz CT molecular complexity index is 738. The number of aromatic nitrogens is 1. The molecule has 3 rings (SSSR count). The van der Waals surface area contributed by atoms with Crippen LogP contribution in [0.3, 0.4) is 0 Å². The fourth-order valence-corrected chi connectivity index (χ4v) is 4.94. The topological polar surface area (TPSA) is 87.1 Å². The van der Waals surface area contributed by atoms with E-state index >= 15 is 0 Å². The minimum atomic E-state index is -3.69. The molecule has 2 fully saturated rings. The van der Waals surface area contributed by atoms with Crippen LogP contribution in [0, 0.1) is 6.92 Å². The summed E-state index contributed by atoms with van der Waals surface area (Å²) in [7, 11) is -0.775. The lowest BCUT2D eigenvalue weighted by Gasteiger charge is -2.36. The molecule has 0 aromatic carbocycles. The summed E-state index contributed by atoms with van der Waals surface area (Å²) in [6.45, 7) is 3.42. The minimum absolute atomic E-state index is 0.134. The van der Waals surface area contributed by atoms with Gasteiger partial charge in [-0.05, 0) is 13.0 Å². The third-order valence-electron chi connectivity index (χ3n) is 4.80. The van der Waals surface area contributed by atoms with Crippen LogP contribution >= 0.6 is 0 Å². The van der Waals surface area contributed by atoms with Gasteiger partial charge in [-0.25, -0.2) is 13.2 Å². The van der Waals surface area contributed by atoms with Crippen LogP contribution in [0.2, 0.25) is 0 Å². The molecule has 3 heterocycles. The van der Waals surface area contributed by atoms with Crippen molar-refractivity contribution < 1.29 is 27.4 Å². The van der Waals surface area contributed by atoms with Crippen molar-refractivity contribution in [3.8, 4) is 0 Å². The van der Waals surface area contributed by atoms with Crippen molar-refractivity contribution >= 4 is 16.0 Å². The molecule has 0 unspecified atom stereocenters. The predicted octanol–water partition coefficient (Wildman–Crippen LogP) is 0.648. The van der Waals surface area contributed by atoms with Gasteiger partial charge < -0.3 is 18.8 Å². The van der Waals surface area contributed by atoms with Crippen molar-refractivity contribution in [1.82, 2.24) is 8.87 Å². The van der Waals surface area contributed by atoms with Crippen LogP contribution < -0.4 is 0 Å². The molecule has 0 amide bonds. The lowest BCUT2D eigenvalue weighted by atomic mass is 10.1. The molecule has 1 aromatic rings. The average molecular weight is 358 g/mol. The summed E-state index contributed by atoms with van der Waals surface area (Å²) in [6, 6.07) is 1.38. The Hall–Kier alpha value is -1.42. The monoisotopic (exact) mass is 358 g/mol. The lowest BCUT2D eigenvalue weighted by molar-refractivity contribution is -0.179. The fourth-order valence-electron chi connectivity index (χ4n) is 3.22. The molecule has 0 atom stereocenters. The molecule has 24 heavy (non-hydrogen) atoms. The first kappa shape index (κ1) is 17.4. The molecule has 2 aliphatic rings. The summed E-state index contributed by atoms with van der Waals surface area (Å²) < 4.78 is 44.9. The highest BCUT2D eigenvalue weighted by Gasteiger charge is 2.43. The standard InChI is InChI=1S/C15H22N2O6S/c1-11-13(10-12(16(11)2)14(18)21-3)24(19,20)17-6-4-15(5-7-17)22-8-9-23-15/h10H,4-9H2,1-3H3.